The van der Waals surface area contributed by atoms with Crippen LogP contribution in [-0.4, -0.2) is 13.1 Å². The second-order valence-electron chi connectivity index (χ2n) is 5.19. The smallest absolute Gasteiger partial charge is 0.0377 e. The van der Waals surface area contributed by atoms with Gasteiger partial charge in [0.25, 0.3) is 0 Å². The van der Waals surface area contributed by atoms with Crippen molar-refractivity contribution in [2.45, 2.75) is 32.7 Å². The summed E-state index contributed by atoms with van der Waals surface area (Å²) in [5.41, 5.74) is 8.41. The number of hydrogen-bond donors (Lipinski definition) is 1. The number of piperidine rings is 1. The van der Waals surface area contributed by atoms with Gasteiger partial charge in [-0.25, -0.2) is 0 Å². The molecule has 2 rings (SSSR count). The van der Waals surface area contributed by atoms with Crippen LogP contribution < -0.4 is 10.6 Å². The molecule has 3 heteroatoms. The van der Waals surface area contributed by atoms with E-state index in [0.29, 0.717) is 0 Å². The highest BCUT2D eigenvalue weighted by Crippen LogP contribution is 2.29. The number of halogens is 1. The van der Waals surface area contributed by atoms with Gasteiger partial charge in [0.2, 0.25) is 0 Å². The van der Waals surface area contributed by atoms with E-state index in [1.807, 2.05) is 6.92 Å². The molecule has 1 aliphatic heterocycles. The molecule has 94 valence electrons. The normalized spacial score (nSPS) is 22.6. The standard InChI is InChI=1S/C14H21BrN2/c1-10-4-3-7-17(9-10)12-5-6-13(11(2)16)14(15)8-12/h5-6,8,10-11H,3-4,7,9,16H2,1-2H3/t10?,11-/m0/s1. The summed E-state index contributed by atoms with van der Waals surface area (Å²) in [4.78, 5) is 2.48. The molecule has 1 aromatic rings. The molecule has 1 aliphatic rings. The lowest BCUT2D eigenvalue weighted by atomic mass is 9.99. The molecule has 0 aliphatic carbocycles. The third-order valence-corrected chi connectivity index (χ3v) is 4.18. The zero-order valence-corrected chi connectivity index (χ0v) is 12.2. The minimum atomic E-state index is 0.0821. The Morgan fingerprint density at radius 1 is 1.47 bits per heavy atom. The molecule has 1 aromatic carbocycles. The van der Waals surface area contributed by atoms with Crippen molar-refractivity contribution in [2.24, 2.45) is 11.7 Å². The maximum Gasteiger partial charge on any atom is 0.0377 e. The van der Waals surface area contributed by atoms with E-state index in [1.54, 1.807) is 0 Å². The molecule has 0 spiro atoms. The van der Waals surface area contributed by atoms with Gasteiger partial charge in [-0.1, -0.05) is 28.9 Å². The summed E-state index contributed by atoms with van der Waals surface area (Å²) in [5.74, 6) is 0.802. The molecule has 0 aromatic heterocycles. The molecule has 2 N–H and O–H groups in total. The van der Waals surface area contributed by atoms with Crippen LogP contribution in [0.3, 0.4) is 0 Å². The van der Waals surface area contributed by atoms with Gasteiger partial charge in [-0.2, -0.15) is 0 Å². The van der Waals surface area contributed by atoms with Crippen molar-refractivity contribution in [1.29, 1.82) is 0 Å². The SMILES string of the molecule is CC1CCCN(c2ccc([C@H](C)N)c(Br)c2)C1. The molecule has 0 bridgehead atoms. The molecule has 1 heterocycles. The zero-order chi connectivity index (χ0) is 12.4. The number of nitrogens with two attached hydrogens (primary N) is 1. The van der Waals surface area contributed by atoms with E-state index >= 15 is 0 Å². The van der Waals surface area contributed by atoms with Gasteiger partial charge in [-0.15, -0.1) is 0 Å². The zero-order valence-electron chi connectivity index (χ0n) is 10.6. The van der Waals surface area contributed by atoms with Crippen LogP contribution in [0.1, 0.15) is 38.3 Å². The minimum Gasteiger partial charge on any atom is -0.371 e. The van der Waals surface area contributed by atoms with E-state index in [9.17, 15) is 0 Å². The Morgan fingerprint density at radius 3 is 2.82 bits per heavy atom. The number of nitrogens with zero attached hydrogens (tertiary/aromatic N) is 1. The molecule has 2 atom stereocenters. The summed E-state index contributed by atoms with van der Waals surface area (Å²) in [7, 11) is 0. The molecule has 1 fully saturated rings. The monoisotopic (exact) mass is 296 g/mol. The molecule has 17 heavy (non-hydrogen) atoms. The molecule has 1 unspecified atom stereocenters. The van der Waals surface area contributed by atoms with E-state index in [2.05, 4.69) is 46.0 Å². The largest absolute Gasteiger partial charge is 0.371 e. The van der Waals surface area contributed by atoms with Crippen molar-refractivity contribution >= 4 is 21.6 Å². The first-order valence-corrected chi connectivity index (χ1v) is 7.17. The average molecular weight is 297 g/mol. The highest BCUT2D eigenvalue weighted by Gasteiger charge is 2.17. The fraction of sp³-hybridized carbons (Fsp3) is 0.571. The van der Waals surface area contributed by atoms with Crippen LogP contribution >= 0.6 is 15.9 Å². The van der Waals surface area contributed by atoms with E-state index < -0.39 is 0 Å². The summed E-state index contributed by atoms with van der Waals surface area (Å²) in [6.45, 7) is 6.69. The average Bonchev–Trinajstić information content (AvgIpc) is 2.28. The van der Waals surface area contributed by atoms with Gasteiger partial charge in [0.15, 0.2) is 0 Å². The highest BCUT2D eigenvalue weighted by molar-refractivity contribution is 9.10. The van der Waals surface area contributed by atoms with E-state index in [1.165, 1.54) is 37.2 Å². The number of rotatable bonds is 2. The van der Waals surface area contributed by atoms with Crippen LogP contribution in [0.2, 0.25) is 0 Å². The summed E-state index contributed by atoms with van der Waals surface area (Å²) in [5, 5.41) is 0. The Hall–Kier alpha value is -0.540. The quantitative estimate of drug-likeness (QED) is 0.901. The van der Waals surface area contributed by atoms with Crippen molar-refractivity contribution in [1.82, 2.24) is 0 Å². The van der Waals surface area contributed by atoms with Gasteiger partial charge in [-0.3, -0.25) is 0 Å². The van der Waals surface area contributed by atoms with Gasteiger partial charge < -0.3 is 10.6 Å². The first-order valence-electron chi connectivity index (χ1n) is 6.38. The van der Waals surface area contributed by atoms with Crippen LogP contribution in [0, 0.1) is 5.92 Å². The first kappa shape index (κ1) is 12.9. The molecule has 2 nitrogen and oxygen atoms in total. The Bertz CT molecular complexity index is 390. The highest BCUT2D eigenvalue weighted by atomic mass is 79.9. The third kappa shape index (κ3) is 3.02. The predicted molar refractivity (Wildman–Crippen MR) is 77.4 cm³/mol. The summed E-state index contributed by atoms with van der Waals surface area (Å²) in [6, 6.07) is 6.63. The Labute approximate surface area is 112 Å². The van der Waals surface area contributed by atoms with Crippen molar-refractivity contribution < 1.29 is 0 Å². The van der Waals surface area contributed by atoms with Crippen LogP contribution in [0.5, 0.6) is 0 Å². The van der Waals surface area contributed by atoms with E-state index in [-0.39, 0.29) is 6.04 Å². The van der Waals surface area contributed by atoms with Crippen LogP contribution in [0.4, 0.5) is 5.69 Å². The molecule has 0 radical (unpaired) electrons. The van der Waals surface area contributed by atoms with Gasteiger partial charge >= 0.3 is 0 Å². The topological polar surface area (TPSA) is 29.3 Å². The number of benzene rings is 1. The Kier molecular flexibility index (Phi) is 4.10. The van der Waals surface area contributed by atoms with Crippen LogP contribution in [0.15, 0.2) is 22.7 Å². The molecular formula is C14H21BrN2. The lowest BCUT2D eigenvalue weighted by molar-refractivity contribution is 0.447. The Morgan fingerprint density at radius 2 is 2.24 bits per heavy atom. The van der Waals surface area contributed by atoms with Gasteiger partial charge in [0.1, 0.15) is 0 Å². The lowest BCUT2D eigenvalue weighted by Gasteiger charge is -2.33. The fourth-order valence-electron chi connectivity index (χ4n) is 2.51. The summed E-state index contributed by atoms with van der Waals surface area (Å²) < 4.78 is 1.13. The third-order valence-electron chi connectivity index (χ3n) is 3.50. The maximum absolute atomic E-state index is 5.92. The first-order chi connectivity index (χ1) is 8.08. The molecule has 0 amide bonds. The lowest BCUT2D eigenvalue weighted by Crippen LogP contribution is -2.34. The Balaban J connectivity index is 2.19. The van der Waals surface area contributed by atoms with Gasteiger partial charge in [-0.05, 0) is 43.4 Å². The molecular weight excluding hydrogens is 276 g/mol. The van der Waals surface area contributed by atoms with Crippen molar-refractivity contribution in [2.75, 3.05) is 18.0 Å². The molecule has 1 saturated heterocycles. The number of anilines is 1. The maximum atomic E-state index is 5.92. The second kappa shape index (κ2) is 5.40. The van der Waals surface area contributed by atoms with Crippen LogP contribution in [0.25, 0.3) is 0 Å². The van der Waals surface area contributed by atoms with Crippen LogP contribution in [-0.2, 0) is 0 Å². The number of hydrogen-bond acceptors (Lipinski definition) is 2. The van der Waals surface area contributed by atoms with Crippen molar-refractivity contribution in [3.05, 3.63) is 28.2 Å². The summed E-state index contributed by atoms with van der Waals surface area (Å²) >= 11 is 3.62. The minimum absolute atomic E-state index is 0.0821. The van der Waals surface area contributed by atoms with Crippen molar-refractivity contribution in [3.8, 4) is 0 Å². The van der Waals surface area contributed by atoms with E-state index in [0.717, 1.165) is 10.4 Å². The van der Waals surface area contributed by atoms with Crippen molar-refractivity contribution in [3.63, 3.8) is 0 Å². The molecule has 0 saturated carbocycles. The van der Waals surface area contributed by atoms with Gasteiger partial charge in [0.05, 0.1) is 0 Å². The fourth-order valence-corrected chi connectivity index (χ4v) is 3.23. The van der Waals surface area contributed by atoms with Gasteiger partial charge in [0, 0.05) is 29.3 Å². The predicted octanol–water partition coefficient (Wildman–Crippen LogP) is 3.71. The second-order valence-corrected chi connectivity index (χ2v) is 6.04. The summed E-state index contributed by atoms with van der Waals surface area (Å²) in [6.07, 6.45) is 2.66. The van der Waals surface area contributed by atoms with E-state index in [4.69, 9.17) is 5.73 Å².